The number of amides is 2. The predicted molar refractivity (Wildman–Crippen MR) is 140 cm³/mol. The van der Waals surface area contributed by atoms with Crippen LogP contribution in [0.5, 0.6) is 17.2 Å². The van der Waals surface area contributed by atoms with Crippen molar-refractivity contribution in [3.8, 4) is 17.2 Å². The number of carbonyl (C=O) groups is 2. The molecule has 2 amide bonds. The molecule has 3 rings (SSSR count). The van der Waals surface area contributed by atoms with E-state index in [4.69, 9.17) is 14.2 Å². The first kappa shape index (κ1) is 26.0. The smallest absolute Gasteiger partial charge is 0.271 e. The molecule has 0 radical (unpaired) electrons. The number of hydrazone groups is 1. The summed E-state index contributed by atoms with van der Waals surface area (Å²) in [7, 11) is 0. The minimum absolute atomic E-state index is 0.175. The van der Waals surface area contributed by atoms with Gasteiger partial charge in [-0.15, -0.1) is 0 Å². The molecule has 0 aliphatic rings. The second-order valence-corrected chi connectivity index (χ2v) is 7.63. The number of anilines is 1. The highest BCUT2D eigenvalue weighted by Gasteiger charge is 2.11. The van der Waals surface area contributed by atoms with Crippen LogP contribution in [0.1, 0.15) is 28.4 Å². The van der Waals surface area contributed by atoms with Crippen molar-refractivity contribution in [2.75, 3.05) is 25.1 Å². The van der Waals surface area contributed by atoms with E-state index in [-0.39, 0.29) is 12.5 Å². The van der Waals surface area contributed by atoms with Crippen LogP contribution in [0.15, 0.2) is 84.5 Å². The first-order valence-electron chi connectivity index (χ1n) is 11.4. The third-order valence-corrected chi connectivity index (χ3v) is 4.85. The Morgan fingerprint density at radius 2 is 1.72 bits per heavy atom. The highest BCUT2D eigenvalue weighted by Crippen LogP contribution is 2.28. The van der Waals surface area contributed by atoms with E-state index >= 15 is 0 Å². The summed E-state index contributed by atoms with van der Waals surface area (Å²) in [6, 6.07) is 19.4. The molecule has 186 valence electrons. The van der Waals surface area contributed by atoms with Crippen molar-refractivity contribution in [1.82, 2.24) is 5.43 Å². The van der Waals surface area contributed by atoms with Gasteiger partial charge in [0, 0.05) is 16.8 Å². The number of carbonyl (C=O) groups excluding carboxylic acids is 2. The molecular formula is C28H29N3O5. The van der Waals surface area contributed by atoms with E-state index in [0.717, 1.165) is 5.56 Å². The summed E-state index contributed by atoms with van der Waals surface area (Å²) in [6.45, 7) is 8.02. The highest BCUT2D eigenvalue weighted by molar-refractivity contribution is 5.96. The van der Waals surface area contributed by atoms with Crippen LogP contribution in [0.4, 0.5) is 5.69 Å². The zero-order valence-corrected chi connectivity index (χ0v) is 20.3. The molecule has 8 heteroatoms. The zero-order valence-electron chi connectivity index (χ0n) is 20.3. The Bertz CT molecular complexity index is 1220. The molecule has 0 aromatic heterocycles. The van der Waals surface area contributed by atoms with Crippen LogP contribution in [0.3, 0.4) is 0 Å². The molecule has 0 spiro atoms. The van der Waals surface area contributed by atoms with Crippen molar-refractivity contribution in [2.24, 2.45) is 5.10 Å². The van der Waals surface area contributed by atoms with Gasteiger partial charge in [0.05, 0.1) is 12.8 Å². The number of rotatable bonds is 12. The molecule has 0 bridgehead atoms. The van der Waals surface area contributed by atoms with Crippen molar-refractivity contribution in [3.05, 3.63) is 96.1 Å². The number of hydrogen-bond donors (Lipinski definition) is 2. The predicted octanol–water partition coefficient (Wildman–Crippen LogP) is 4.74. The number of nitrogens with zero attached hydrogens (tertiary/aromatic N) is 1. The summed E-state index contributed by atoms with van der Waals surface area (Å²) in [6.07, 6.45) is 3.08. The first-order chi connectivity index (χ1) is 17.5. The van der Waals surface area contributed by atoms with Gasteiger partial charge in [-0.25, -0.2) is 5.43 Å². The van der Waals surface area contributed by atoms with Crippen molar-refractivity contribution in [3.63, 3.8) is 0 Å². The Morgan fingerprint density at radius 1 is 0.944 bits per heavy atom. The summed E-state index contributed by atoms with van der Waals surface area (Å²) in [5, 5.41) is 6.82. The van der Waals surface area contributed by atoms with E-state index in [1.54, 1.807) is 48.5 Å². The van der Waals surface area contributed by atoms with Gasteiger partial charge in [0.1, 0.15) is 12.4 Å². The van der Waals surface area contributed by atoms with Gasteiger partial charge in [-0.1, -0.05) is 42.5 Å². The van der Waals surface area contributed by atoms with Gasteiger partial charge >= 0.3 is 0 Å². The fourth-order valence-corrected chi connectivity index (χ4v) is 3.11. The molecule has 0 aliphatic heterocycles. The van der Waals surface area contributed by atoms with Gasteiger partial charge in [-0.3, -0.25) is 9.59 Å². The molecule has 2 N–H and O–H groups in total. The average molecular weight is 488 g/mol. The fourth-order valence-electron chi connectivity index (χ4n) is 3.11. The normalized spacial score (nSPS) is 10.5. The summed E-state index contributed by atoms with van der Waals surface area (Å²) >= 11 is 0. The van der Waals surface area contributed by atoms with Gasteiger partial charge in [0.15, 0.2) is 18.1 Å². The summed E-state index contributed by atoms with van der Waals surface area (Å²) in [5.41, 5.74) is 5.25. The summed E-state index contributed by atoms with van der Waals surface area (Å²) < 4.78 is 16.8. The average Bonchev–Trinajstić information content (AvgIpc) is 2.89. The molecular weight excluding hydrogens is 458 g/mol. The van der Waals surface area contributed by atoms with Crippen LogP contribution in [-0.4, -0.2) is 37.8 Å². The largest absolute Gasteiger partial charge is 0.490 e. The monoisotopic (exact) mass is 487 g/mol. The highest BCUT2D eigenvalue weighted by atomic mass is 16.5. The number of aryl methyl sites for hydroxylation is 1. The molecule has 8 nitrogen and oxygen atoms in total. The van der Waals surface area contributed by atoms with Crippen molar-refractivity contribution < 1.29 is 23.8 Å². The maximum absolute atomic E-state index is 12.6. The number of benzene rings is 3. The Morgan fingerprint density at radius 3 is 2.47 bits per heavy atom. The fraction of sp³-hybridized carbons (Fsp3) is 0.179. The quantitative estimate of drug-likeness (QED) is 0.218. The molecule has 36 heavy (non-hydrogen) atoms. The van der Waals surface area contributed by atoms with E-state index in [0.29, 0.717) is 47.3 Å². The summed E-state index contributed by atoms with van der Waals surface area (Å²) in [4.78, 5) is 24.8. The molecule has 0 saturated heterocycles. The molecule has 0 unspecified atom stereocenters. The van der Waals surface area contributed by atoms with E-state index in [1.807, 2.05) is 38.1 Å². The van der Waals surface area contributed by atoms with E-state index in [1.165, 1.54) is 6.21 Å². The van der Waals surface area contributed by atoms with Crippen LogP contribution in [0.2, 0.25) is 0 Å². The van der Waals surface area contributed by atoms with Gasteiger partial charge in [0.2, 0.25) is 0 Å². The van der Waals surface area contributed by atoms with Crippen LogP contribution in [0, 0.1) is 6.92 Å². The molecule has 0 saturated carbocycles. The SMILES string of the molecule is C=CCOc1ccc(C(=O)N/N=C/c2ccccc2OCC(=O)Nc2ccc(C)cc2)cc1OCC. The molecule has 0 heterocycles. The van der Waals surface area contributed by atoms with E-state index in [9.17, 15) is 9.59 Å². The topological polar surface area (TPSA) is 98.3 Å². The minimum Gasteiger partial charge on any atom is -0.490 e. The molecule has 0 aliphatic carbocycles. The maximum atomic E-state index is 12.6. The lowest BCUT2D eigenvalue weighted by Gasteiger charge is -2.12. The van der Waals surface area contributed by atoms with Crippen LogP contribution >= 0.6 is 0 Å². The lowest BCUT2D eigenvalue weighted by molar-refractivity contribution is -0.118. The van der Waals surface area contributed by atoms with E-state index in [2.05, 4.69) is 22.4 Å². The number of hydrogen-bond acceptors (Lipinski definition) is 6. The number of para-hydroxylation sites is 1. The second-order valence-electron chi connectivity index (χ2n) is 7.63. The molecule has 0 atom stereocenters. The Kier molecular flexibility index (Phi) is 9.64. The number of nitrogens with one attached hydrogen (secondary N) is 2. The van der Waals surface area contributed by atoms with Crippen molar-refractivity contribution in [1.29, 1.82) is 0 Å². The lowest BCUT2D eigenvalue weighted by Crippen LogP contribution is -2.20. The molecule has 3 aromatic carbocycles. The van der Waals surface area contributed by atoms with Crippen LogP contribution in [-0.2, 0) is 4.79 Å². The van der Waals surface area contributed by atoms with Crippen LogP contribution < -0.4 is 25.0 Å². The van der Waals surface area contributed by atoms with Gasteiger partial charge in [-0.2, -0.15) is 5.10 Å². The molecule has 0 fully saturated rings. The van der Waals surface area contributed by atoms with Gasteiger partial charge in [-0.05, 0) is 56.3 Å². The van der Waals surface area contributed by atoms with Crippen molar-refractivity contribution >= 4 is 23.7 Å². The third kappa shape index (κ3) is 7.73. The minimum atomic E-state index is -0.418. The Hall–Kier alpha value is -4.59. The third-order valence-electron chi connectivity index (χ3n) is 4.85. The molecule has 3 aromatic rings. The lowest BCUT2D eigenvalue weighted by atomic mass is 10.2. The zero-order chi connectivity index (χ0) is 25.8. The van der Waals surface area contributed by atoms with Gasteiger partial charge < -0.3 is 19.5 Å². The Balaban J connectivity index is 1.59. The van der Waals surface area contributed by atoms with Crippen molar-refractivity contribution in [2.45, 2.75) is 13.8 Å². The Labute approximate surface area is 210 Å². The standard InChI is InChI=1S/C28H29N3O5/c1-4-16-35-25-15-12-21(17-26(25)34-5-2)28(33)31-29-18-22-8-6-7-9-24(22)36-19-27(32)30-23-13-10-20(3)11-14-23/h4,6-15,17-18H,1,5,16,19H2,2-3H3,(H,30,32)(H,31,33)/b29-18+. The van der Waals surface area contributed by atoms with Gasteiger partial charge in [0.25, 0.3) is 11.8 Å². The maximum Gasteiger partial charge on any atom is 0.271 e. The summed E-state index contributed by atoms with van der Waals surface area (Å²) in [5.74, 6) is 0.729. The first-order valence-corrected chi connectivity index (χ1v) is 11.4. The number of ether oxygens (including phenoxy) is 3. The van der Waals surface area contributed by atoms with E-state index < -0.39 is 5.91 Å². The second kappa shape index (κ2) is 13.3. The van der Waals surface area contributed by atoms with Crippen LogP contribution in [0.25, 0.3) is 0 Å².